The number of non-ortho nitro benzene ring substituents is 1. The molecule has 0 unspecified atom stereocenters. The fourth-order valence-corrected chi connectivity index (χ4v) is 1.81. The topological polar surface area (TPSA) is 63.4 Å². The minimum absolute atomic E-state index is 0.0636. The molecule has 90 valence electrons. The van der Waals surface area contributed by atoms with Crippen molar-refractivity contribution in [1.82, 2.24) is 4.90 Å². The van der Waals surface area contributed by atoms with Crippen LogP contribution in [0.25, 0.3) is 0 Å². The Bertz CT molecular complexity index is 447. The fourth-order valence-electron chi connectivity index (χ4n) is 1.81. The number of amides is 1. The first-order valence-corrected chi connectivity index (χ1v) is 5.26. The van der Waals surface area contributed by atoms with Gasteiger partial charge in [0, 0.05) is 24.2 Å². The fraction of sp³-hybridized carbons (Fsp3) is 0.364. The zero-order valence-electron chi connectivity index (χ0n) is 9.01. The highest BCUT2D eigenvalue weighted by Gasteiger charge is 2.26. The maximum Gasteiger partial charge on any atom is 0.269 e. The van der Waals surface area contributed by atoms with Crippen molar-refractivity contribution in [3.63, 3.8) is 0 Å². The standard InChI is InChI=1S/C11H11FN2O3/c12-9-5-6-13(7-9)11(15)8-1-3-10(4-2-8)14(16)17/h1-4,9H,5-7H2/t9-/m0/s1. The van der Waals surface area contributed by atoms with Crippen LogP contribution in [0.5, 0.6) is 0 Å². The largest absolute Gasteiger partial charge is 0.336 e. The third kappa shape index (κ3) is 2.41. The predicted molar refractivity (Wildman–Crippen MR) is 58.5 cm³/mol. The van der Waals surface area contributed by atoms with Crippen LogP contribution in [0.15, 0.2) is 24.3 Å². The number of alkyl halides is 1. The van der Waals surface area contributed by atoms with Gasteiger partial charge in [-0.05, 0) is 18.6 Å². The maximum absolute atomic E-state index is 12.9. The Labute approximate surface area is 97.0 Å². The Hall–Kier alpha value is -1.98. The third-order valence-corrected chi connectivity index (χ3v) is 2.74. The molecule has 1 heterocycles. The maximum atomic E-state index is 12.9. The SMILES string of the molecule is O=C(c1ccc([N+](=O)[O-])cc1)N1CC[C@H](F)C1. The molecule has 2 rings (SSSR count). The number of hydrogen-bond acceptors (Lipinski definition) is 3. The summed E-state index contributed by atoms with van der Waals surface area (Å²) in [5.74, 6) is -0.278. The summed E-state index contributed by atoms with van der Waals surface area (Å²) in [5, 5.41) is 10.4. The molecule has 0 aromatic heterocycles. The number of likely N-dealkylation sites (tertiary alicyclic amines) is 1. The van der Waals surface area contributed by atoms with E-state index in [1.54, 1.807) is 0 Å². The molecule has 0 saturated carbocycles. The summed E-state index contributed by atoms with van der Waals surface area (Å²) in [6, 6.07) is 5.34. The van der Waals surface area contributed by atoms with E-state index < -0.39 is 11.1 Å². The van der Waals surface area contributed by atoms with Crippen molar-refractivity contribution >= 4 is 11.6 Å². The van der Waals surface area contributed by atoms with Gasteiger partial charge in [-0.15, -0.1) is 0 Å². The number of rotatable bonds is 2. The molecule has 6 heteroatoms. The van der Waals surface area contributed by atoms with Crippen LogP contribution in [-0.2, 0) is 0 Å². The van der Waals surface area contributed by atoms with E-state index in [-0.39, 0.29) is 18.1 Å². The Morgan fingerprint density at radius 3 is 2.53 bits per heavy atom. The Morgan fingerprint density at radius 1 is 1.41 bits per heavy atom. The first kappa shape index (κ1) is 11.5. The molecular weight excluding hydrogens is 227 g/mol. The van der Waals surface area contributed by atoms with Crippen molar-refractivity contribution < 1.29 is 14.1 Å². The molecule has 1 aromatic carbocycles. The molecule has 1 aromatic rings. The van der Waals surface area contributed by atoms with Gasteiger partial charge in [-0.2, -0.15) is 0 Å². The Kier molecular flexibility index (Phi) is 3.03. The third-order valence-electron chi connectivity index (χ3n) is 2.74. The molecule has 1 fully saturated rings. The van der Waals surface area contributed by atoms with Crippen LogP contribution in [0.2, 0.25) is 0 Å². The summed E-state index contributed by atoms with van der Waals surface area (Å²) in [6.07, 6.45) is -0.601. The van der Waals surface area contributed by atoms with Gasteiger partial charge in [0.05, 0.1) is 11.5 Å². The zero-order chi connectivity index (χ0) is 12.4. The minimum Gasteiger partial charge on any atom is -0.336 e. The molecule has 0 N–H and O–H groups in total. The van der Waals surface area contributed by atoms with Crippen LogP contribution < -0.4 is 0 Å². The number of carbonyl (C=O) groups excluding carboxylic acids is 1. The average molecular weight is 238 g/mol. The molecule has 0 spiro atoms. The van der Waals surface area contributed by atoms with Crippen LogP contribution in [0, 0.1) is 10.1 Å². The first-order chi connectivity index (χ1) is 8.08. The summed E-state index contributed by atoms with van der Waals surface area (Å²) in [5.41, 5.74) is 0.288. The summed E-state index contributed by atoms with van der Waals surface area (Å²) >= 11 is 0. The van der Waals surface area contributed by atoms with Crippen molar-refractivity contribution in [2.24, 2.45) is 0 Å². The van der Waals surface area contributed by atoms with Crippen LogP contribution in [0.3, 0.4) is 0 Å². The lowest BCUT2D eigenvalue weighted by Gasteiger charge is -2.14. The molecule has 1 aliphatic rings. The van der Waals surface area contributed by atoms with Crippen LogP contribution >= 0.6 is 0 Å². The number of nitrogens with zero attached hydrogens (tertiary/aromatic N) is 2. The van der Waals surface area contributed by atoms with Crippen molar-refractivity contribution in [2.75, 3.05) is 13.1 Å². The van der Waals surface area contributed by atoms with E-state index in [9.17, 15) is 19.3 Å². The van der Waals surface area contributed by atoms with E-state index >= 15 is 0 Å². The smallest absolute Gasteiger partial charge is 0.269 e. The second kappa shape index (κ2) is 4.48. The van der Waals surface area contributed by atoms with Gasteiger partial charge in [-0.25, -0.2) is 4.39 Å². The first-order valence-electron chi connectivity index (χ1n) is 5.26. The monoisotopic (exact) mass is 238 g/mol. The molecule has 1 atom stereocenters. The number of halogens is 1. The molecular formula is C11H11FN2O3. The van der Waals surface area contributed by atoms with E-state index in [2.05, 4.69) is 0 Å². The summed E-state index contributed by atoms with van der Waals surface area (Å²) < 4.78 is 12.9. The highest BCUT2D eigenvalue weighted by Crippen LogP contribution is 2.18. The van der Waals surface area contributed by atoms with E-state index in [1.165, 1.54) is 29.2 Å². The summed E-state index contributed by atoms with van der Waals surface area (Å²) in [6.45, 7) is 0.507. The van der Waals surface area contributed by atoms with Gasteiger partial charge in [0.2, 0.25) is 0 Å². The number of hydrogen-bond donors (Lipinski definition) is 0. The summed E-state index contributed by atoms with van der Waals surface area (Å²) in [4.78, 5) is 23.2. The lowest BCUT2D eigenvalue weighted by atomic mass is 10.2. The average Bonchev–Trinajstić information content (AvgIpc) is 2.75. The lowest BCUT2D eigenvalue weighted by molar-refractivity contribution is -0.384. The molecule has 0 radical (unpaired) electrons. The second-order valence-electron chi connectivity index (χ2n) is 3.94. The molecule has 17 heavy (non-hydrogen) atoms. The van der Waals surface area contributed by atoms with Gasteiger partial charge in [0.15, 0.2) is 0 Å². The quantitative estimate of drug-likeness (QED) is 0.582. The minimum atomic E-state index is -0.961. The number of nitro benzene ring substituents is 1. The Balaban J connectivity index is 2.12. The zero-order valence-corrected chi connectivity index (χ0v) is 9.01. The van der Waals surface area contributed by atoms with E-state index in [4.69, 9.17) is 0 Å². The van der Waals surface area contributed by atoms with E-state index in [0.717, 1.165) is 0 Å². The van der Waals surface area contributed by atoms with Crippen molar-refractivity contribution in [3.8, 4) is 0 Å². The van der Waals surface area contributed by atoms with Crippen molar-refractivity contribution in [3.05, 3.63) is 39.9 Å². The molecule has 5 nitrogen and oxygen atoms in total. The van der Waals surface area contributed by atoms with Crippen LogP contribution in [-0.4, -0.2) is 35.0 Å². The molecule has 0 aliphatic carbocycles. The highest BCUT2D eigenvalue weighted by molar-refractivity contribution is 5.94. The number of carbonyl (C=O) groups is 1. The molecule has 1 saturated heterocycles. The van der Waals surface area contributed by atoms with Gasteiger partial charge >= 0.3 is 0 Å². The lowest BCUT2D eigenvalue weighted by Crippen LogP contribution is -2.28. The van der Waals surface area contributed by atoms with Crippen molar-refractivity contribution in [1.29, 1.82) is 0 Å². The number of benzene rings is 1. The van der Waals surface area contributed by atoms with Gasteiger partial charge in [-0.3, -0.25) is 14.9 Å². The highest BCUT2D eigenvalue weighted by atomic mass is 19.1. The molecule has 0 bridgehead atoms. The molecule has 1 amide bonds. The Morgan fingerprint density at radius 2 is 2.06 bits per heavy atom. The van der Waals surface area contributed by atoms with Gasteiger partial charge in [0.25, 0.3) is 11.6 Å². The number of nitro groups is 1. The van der Waals surface area contributed by atoms with E-state index in [0.29, 0.717) is 18.5 Å². The van der Waals surface area contributed by atoms with Gasteiger partial charge in [-0.1, -0.05) is 0 Å². The van der Waals surface area contributed by atoms with Crippen LogP contribution in [0.1, 0.15) is 16.8 Å². The summed E-state index contributed by atoms with van der Waals surface area (Å²) in [7, 11) is 0. The van der Waals surface area contributed by atoms with Gasteiger partial charge in [0.1, 0.15) is 6.17 Å². The van der Waals surface area contributed by atoms with Gasteiger partial charge < -0.3 is 4.90 Å². The van der Waals surface area contributed by atoms with E-state index in [1.807, 2.05) is 0 Å². The molecule has 1 aliphatic heterocycles. The second-order valence-corrected chi connectivity index (χ2v) is 3.94. The normalized spacial score (nSPS) is 19.4. The van der Waals surface area contributed by atoms with Crippen LogP contribution in [0.4, 0.5) is 10.1 Å². The predicted octanol–water partition coefficient (Wildman–Crippen LogP) is 1.78. The van der Waals surface area contributed by atoms with Crippen molar-refractivity contribution in [2.45, 2.75) is 12.6 Å².